The molecule has 0 saturated carbocycles. The third kappa shape index (κ3) is 7.02. The van der Waals surface area contributed by atoms with E-state index in [1.54, 1.807) is 0 Å². The minimum Gasteiger partial charge on any atom is -0.496 e. The van der Waals surface area contributed by atoms with Gasteiger partial charge in [-0.15, -0.1) is 0 Å². The Morgan fingerprint density at radius 1 is 1.09 bits per heavy atom. The molecule has 2 N–H and O–H groups in total. The van der Waals surface area contributed by atoms with Gasteiger partial charge in [-0.1, -0.05) is 68.2 Å². The van der Waals surface area contributed by atoms with E-state index in [1.807, 2.05) is 20.8 Å². The molecule has 3 aromatic carbocycles. The molecule has 46 heavy (non-hydrogen) atoms. The van der Waals surface area contributed by atoms with Gasteiger partial charge in [-0.25, -0.2) is 18.4 Å². The van der Waals surface area contributed by atoms with Gasteiger partial charge in [-0.05, 0) is 47.7 Å². The lowest BCUT2D eigenvalue weighted by Crippen LogP contribution is -2.44. The van der Waals surface area contributed by atoms with E-state index in [0.29, 0.717) is 12.0 Å². The van der Waals surface area contributed by atoms with Gasteiger partial charge in [0, 0.05) is 34.5 Å². The highest BCUT2D eigenvalue weighted by Crippen LogP contribution is 2.53. The van der Waals surface area contributed by atoms with Crippen molar-refractivity contribution >= 4 is 40.9 Å². The summed E-state index contributed by atoms with van der Waals surface area (Å²) in [5.74, 6) is -5.39. The van der Waals surface area contributed by atoms with Gasteiger partial charge in [-0.2, -0.15) is 5.26 Å². The Morgan fingerprint density at radius 3 is 2.41 bits per heavy atom. The van der Waals surface area contributed by atoms with Crippen molar-refractivity contribution in [3.8, 4) is 11.8 Å². The Morgan fingerprint density at radius 2 is 1.80 bits per heavy atom. The first-order chi connectivity index (χ1) is 21.6. The number of carboxylic acid groups (broad SMARTS) is 1. The van der Waals surface area contributed by atoms with Gasteiger partial charge in [0.05, 0.1) is 29.8 Å². The van der Waals surface area contributed by atoms with Crippen molar-refractivity contribution in [2.24, 2.45) is 5.41 Å². The Balaban J connectivity index is 1.86. The molecule has 0 unspecified atom stereocenters. The van der Waals surface area contributed by atoms with Gasteiger partial charge < -0.3 is 19.9 Å². The number of carbonyl (C=O) groups is 3. The van der Waals surface area contributed by atoms with E-state index < -0.39 is 64.8 Å². The lowest BCUT2D eigenvalue weighted by molar-refractivity contribution is -0.140. The number of aliphatic carboxylic acids is 1. The SMILES string of the molecule is COc1cc(C(=O)OCC(=O)O)ccc1CC(=O)[C@@H]1N[C@@H](CC(C)(C)C)[C@](C#N)(c2ccc(Cl)cc2F)[C@H]1c1cccc(Cl)c1F. The fourth-order valence-corrected chi connectivity index (χ4v) is 6.48. The maximum Gasteiger partial charge on any atom is 0.341 e. The van der Waals surface area contributed by atoms with Crippen LogP contribution in [0.15, 0.2) is 54.6 Å². The van der Waals surface area contributed by atoms with Gasteiger partial charge in [0.1, 0.15) is 22.8 Å². The first-order valence-electron chi connectivity index (χ1n) is 14.3. The monoisotopic (exact) mass is 672 g/mol. The van der Waals surface area contributed by atoms with Crippen LogP contribution in [0.25, 0.3) is 0 Å². The van der Waals surface area contributed by atoms with Gasteiger partial charge in [0.25, 0.3) is 0 Å². The van der Waals surface area contributed by atoms with Crippen molar-refractivity contribution in [1.82, 2.24) is 5.32 Å². The second kappa shape index (κ2) is 13.8. The topological polar surface area (TPSA) is 126 Å². The molecule has 4 rings (SSSR count). The molecule has 12 heteroatoms. The summed E-state index contributed by atoms with van der Waals surface area (Å²) in [6.45, 7) is 4.98. The number of nitrogens with zero attached hydrogens (tertiary/aromatic N) is 1. The number of rotatable bonds is 10. The van der Waals surface area contributed by atoms with Crippen LogP contribution in [0.1, 0.15) is 60.2 Å². The summed E-state index contributed by atoms with van der Waals surface area (Å²) in [4.78, 5) is 37.4. The fourth-order valence-electron chi connectivity index (χ4n) is 6.13. The molecule has 0 bridgehead atoms. The van der Waals surface area contributed by atoms with Crippen LogP contribution in [-0.2, 0) is 26.2 Å². The predicted octanol–water partition coefficient (Wildman–Crippen LogP) is 6.66. The zero-order valence-corrected chi connectivity index (χ0v) is 27.0. The van der Waals surface area contributed by atoms with Crippen molar-refractivity contribution in [1.29, 1.82) is 5.26 Å². The molecule has 0 aliphatic carbocycles. The molecular weight excluding hydrogens is 641 g/mol. The van der Waals surface area contributed by atoms with Crippen molar-refractivity contribution in [2.75, 3.05) is 13.7 Å². The molecule has 242 valence electrons. The van der Waals surface area contributed by atoms with Crippen molar-refractivity contribution in [3.63, 3.8) is 0 Å². The van der Waals surface area contributed by atoms with Crippen LogP contribution in [0.3, 0.4) is 0 Å². The number of carbonyl (C=O) groups excluding carboxylic acids is 2. The van der Waals surface area contributed by atoms with Crippen LogP contribution < -0.4 is 10.1 Å². The highest BCUT2D eigenvalue weighted by Gasteiger charge is 2.60. The van der Waals surface area contributed by atoms with Gasteiger partial charge in [0.15, 0.2) is 12.4 Å². The average Bonchev–Trinajstić information content (AvgIpc) is 3.30. The molecule has 0 amide bonds. The number of benzene rings is 3. The zero-order chi connectivity index (χ0) is 34.0. The maximum absolute atomic E-state index is 15.9. The lowest BCUT2D eigenvalue weighted by atomic mass is 9.62. The van der Waals surface area contributed by atoms with Crippen LogP contribution in [0, 0.1) is 28.4 Å². The number of carboxylic acids is 1. The average molecular weight is 674 g/mol. The van der Waals surface area contributed by atoms with E-state index in [4.69, 9.17) is 37.8 Å². The Labute approximate surface area is 275 Å². The Bertz CT molecular complexity index is 1720. The minimum atomic E-state index is -1.78. The largest absolute Gasteiger partial charge is 0.496 e. The summed E-state index contributed by atoms with van der Waals surface area (Å²) in [7, 11) is 1.33. The van der Waals surface area contributed by atoms with E-state index in [1.165, 1.54) is 55.6 Å². The molecule has 1 aliphatic rings. The smallest absolute Gasteiger partial charge is 0.341 e. The first-order valence-corrected chi connectivity index (χ1v) is 15.0. The number of nitrogens with one attached hydrogen (secondary N) is 1. The van der Waals surface area contributed by atoms with E-state index in [9.17, 15) is 19.6 Å². The summed E-state index contributed by atoms with van der Waals surface area (Å²) < 4.78 is 41.9. The number of ether oxygens (including phenoxy) is 2. The number of Topliss-reactive ketones (excluding diaryl/α,β-unsaturated/α-hetero) is 1. The van der Waals surface area contributed by atoms with E-state index in [-0.39, 0.29) is 38.9 Å². The highest BCUT2D eigenvalue weighted by molar-refractivity contribution is 6.31. The molecule has 0 spiro atoms. The minimum absolute atomic E-state index is 0.000817. The molecule has 0 radical (unpaired) electrons. The van der Waals surface area contributed by atoms with E-state index >= 15 is 8.78 Å². The number of halogens is 4. The summed E-state index contributed by atoms with van der Waals surface area (Å²) in [5.41, 5.74) is -1.91. The summed E-state index contributed by atoms with van der Waals surface area (Å²) >= 11 is 12.3. The third-order valence-corrected chi connectivity index (χ3v) is 8.54. The lowest BCUT2D eigenvalue weighted by Gasteiger charge is -2.37. The second-order valence-corrected chi connectivity index (χ2v) is 13.2. The quantitative estimate of drug-likeness (QED) is 0.229. The number of hydrogen-bond acceptors (Lipinski definition) is 7. The fraction of sp³-hybridized carbons (Fsp3) is 0.353. The summed E-state index contributed by atoms with van der Waals surface area (Å²) in [5, 5.41) is 23.0. The summed E-state index contributed by atoms with van der Waals surface area (Å²) in [6, 6.07) is 12.6. The standard InChI is InChI=1S/C34H32Cl2F2N2O6/c1-33(2,3)15-27-34(17-39,22-11-10-20(35)14-24(22)37)29(21-6-5-7-23(36)30(21)38)31(40-27)25(41)12-18-8-9-19(13-26(18)45-4)32(44)46-16-28(42)43/h5-11,13-14,27,29,31,40H,12,15-16H2,1-4H3,(H,42,43)/t27-,29-,31-,34-/m0/s1. The van der Waals surface area contributed by atoms with E-state index in [0.717, 1.165) is 6.07 Å². The molecule has 1 saturated heterocycles. The highest BCUT2D eigenvalue weighted by atomic mass is 35.5. The molecule has 1 fully saturated rings. The molecule has 4 atom stereocenters. The van der Waals surface area contributed by atoms with Crippen LogP contribution >= 0.6 is 23.2 Å². The zero-order valence-electron chi connectivity index (χ0n) is 25.5. The van der Waals surface area contributed by atoms with Gasteiger partial charge >= 0.3 is 11.9 Å². The second-order valence-electron chi connectivity index (χ2n) is 12.3. The molecule has 0 aromatic heterocycles. The van der Waals surface area contributed by atoms with Crippen molar-refractivity contribution in [2.45, 2.75) is 57.0 Å². The van der Waals surface area contributed by atoms with Gasteiger partial charge in [0.2, 0.25) is 0 Å². The molecule has 1 aliphatic heterocycles. The normalized spacial score (nSPS) is 21.0. The number of methoxy groups -OCH3 is 1. The molecular formula is C34H32Cl2F2N2O6. The Hall–Kier alpha value is -4.04. The number of hydrogen-bond donors (Lipinski definition) is 2. The third-order valence-electron chi connectivity index (χ3n) is 8.01. The van der Waals surface area contributed by atoms with Crippen molar-refractivity contribution < 1.29 is 37.7 Å². The predicted molar refractivity (Wildman–Crippen MR) is 167 cm³/mol. The first kappa shape index (κ1) is 34.8. The van der Waals surface area contributed by atoms with Crippen LogP contribution in [0.2, 0.25) is 10.0 Å². The molecule has 3 aromatic rings. The van der Waals surface area contributed by atoms with Gasteiger partial charge in [-0.3, -0.25) is 4.79 Å². The molecule has 1 heterocycles. The summed E-state index contributed by atoms with van der Waals surface area (Å²) in [6.07, 6.45) is 0.0262. The van der Waals surface area contributed by atoms with Crippen LogP contribution in [0.5, 0.6) is 5.75 Å². The number of ketones is 1. The van der Waals surface area contributed by atoms with Crippen LogP contribution in [-0.4, -0.2) is 48.6 Å². The molecule has 8 nitrogen and oxygen atoms in total. The Kier molecular flexibility index (Phi) is 10.4. The number of esters is 1. The van der Waals surface area contributed by atoms with Crippen molar-refractivity contribution in [3.05, 3.63) is 98.5 Å². The number of nitriles is 1. The maximum atomic E-state index is 15.9. The van der Waals surface area contributed by atoms with E-state index in [2.05, 4.69) is 11.4 Å². The van der Waals surface area contributed by atoms with Crippen LogP contribution in [0.4, 0.5) is 8.78 Å².